The van der Waals surface area contributed by atoms with Crippen molar-refractivity contribution in [2.24, 2.45) is 0 Å². The molecule has 3 rings (SSSR count). The van der Waals surface area contributed by atoms with E-state index in [1.807, 2.05) is 24.3 Å². The van der Waals surface area contributed by atoms with Gasteiger partial charge < -0.3 is 0 Å². The van der Waals surface area contributed by atoms with E-state index in [0.717, 1.165) is 21.9 Å². The lowest BCUT2D eigenvalue weighted by atomic mass is 10.0. The third-order valence-electron chi connectivity index (χ3n) is 2.69. The predicted molar refractivity (Wildman–Crippen MR) is 72.8 cm³/mol. The van der Waals surface area contributed by atoms with E-state index >= 15 is 0 Å². The molecule has 2 heterocycles. The first-order valence-corrected chi connectivity index (χ1v) is 6.03. The SMILES string of the molecule is Clc1cc(-c2cccc3ccncc23)c(Cl)nn1. The summed E-state index contributed by atoms with van der Waals surface area (Å²) in [5, 5.41) is 10.3. The molecule has 0 aliphatic heterocycles. The third-order valence-corrected chi connectivity index (χ3v) is 3.16. The first kappa shape index (κ1) is 11.4. The summed E-state index contributed by atoms with van der Waals surface area (Å²) >= 11 is 11.9. The van der Waals surface area contributed by atoms with Crippen LogP contribution in [0.3, 0.4) is 0 Å². The van der Waals surface area contributed by atoms with Crippen LogP contribution in [0.15, 0.2) is 42.7 Å². The average molecular weight is 276 g/mol. The molecule has 18 heavy (non-hydrogen) atoms. The molecule has 0 radical (unpaired) electrons. The molecule has 0 saturated heterocycles. The van der Waals surface area contributed by atoms with Crippen LogP contribution in [-0.4, -0.2) is 15.2 Å². The molecule has 0 amide bonds. The van der Waals surface area contributed by atoms with Crippen LogP contribution in [0.25, 0.3) is 21.9 Å². The third kappa shape index (κ3) is 1.92. The van der Waals surface area contributed by atoms with Crippen molar-refractivity contribution in [2.75, 3.05) is 0 Å². The maximum atomic E-state index is 6.08. The molecule has 0 bridgehead atoms. The van der Waals surface area contributed by atoms with Crippen LogP contribution in [-0.2, 0) is 0 Å². The Balaban J connectivity index is 2.35. The summed E-state index contributed by atoms with van der Waals surface area (Å²) < 4.78 is 0. The van der Waals surface area contributed by atoms with Crippen molar-refractivity contribution >= 4 is 34.0 Å². The number of benzene rings is 1. The molecule has 88 valence electrons. The molecule has 0 N–H and O–H groups in total. The Labute approximate surface area is 113 Å². The summed E-state index contributed by atoms with van der Waals surface area (Å²) in [6.07, 6.45) is 3.56. The van der Waals surface area contributed by atoms with Crippen molar-refractivity contribution < 1.29 is 0 Å². The first-order chi connectivity index (χ1) is 8.75. The van der Waals surface area contributed by atoms with E-state index in [9.17, 15) is 0 Å². The molecule has 3 nitrogen and oxygen atoms in total. The lowest BCUT2D eigenvalue weighted by Crippen LogP contribution is -1.89. The Morgan fingerprint density at radius 2 is 1.83 bits per heavy atom. The molecule has 3 aromatic rings. The fourth-order valence-corrected chi connectivity index (χ4v) is 2.23. The molecule has 5 heteroatoms. The second-order valence-electron chi connectivity index (χ2n) is 3.77. The van der Waals surface area contributed by atoms with E-state index in [-0.39, 0.29) is 0 Å². The van der Waals surface area contributed by atoms with Gasteiger partial charge in [0.1, 0.15) is 0 Å². The van der Waals surface area contributed by atoms with Gasteiger partial charge in [0.05, 0.1) is 0 Å². The molecule has 2 aromatic heterocycles. The van der Waals surface area contributed by atoms with E-state index < -0.39 is 0 Å². The number of halogens is 2. The molecule has 0 spiro atoms. The smallest absolute Gasteiger partial charge is 0.159 e. The molecule has 0 aliphatic carbocycles. The van der Waals surface area contributed by atoms with Crippen molar-refractivity contribution in [3.8, 4) is 11.1 Å². The summed E-state index contributed by atoms with van der Waals surface area (Å²) in [5.41, 5.74) is 1.71. The standard InChI is InChI=1S/C13H7Cl2N3/c14-12-6-10(13(15)18-17-12)9-3-1-2-8-4-5-16-7-11(8)9/h1-7H. The summed E-state index contributed by atoms with van der Waals surface area (Å²) in [6, 6.07) is 9.60. The molecular weight excluding hydrogens is 269 g/mol. The lowest BCUT2D eigenvalue weighted by Gasteiger charge is -2.07. The molecule has 0 saturated carbocycles. The zero-order valence-corrected chi connectivity index (χ0v) is 10.7. The Bertz CT molecular complexity index is 723. The van der Waals surface area contributed by atoms with E-state index in [2.05, 4.69) is 15.2 Å². The molecule has 0 fully saturated rings. The maximum absolute atomic E-state index is 6.08. The van der Waals surface area contributed by atoms with Crippen LogP contribution in [0.4, 0.5) is 0 Å². The van der Waals surface area contributed by atoms with Crippen molar-refractivity contribution in [3.05, 3.63) is 53.0 Å². The molecule has 1 aromatic carbocycles. The minimum Gasteiger partial charge on any atom is -0.264 e. The Kier molecular flexibility index (Phi) is 2.86. The summed E-state index contributed by atoms with van der Waals surface area (Å²) in [7, 11) is 0. The van der Waals surface area contributed by atoms with Gasteiger partial charge in [-0.15, -0.1) is 10.2 Å². The van der Waals surface area contributed by atoms with Gasteiger partial charge in [-0.25, -0.2) is 0 Å². The predicted octanol–water partition coefficient (Wildman–Crippen LogP) is 4.00. The lowest BCUT2D eigenvalue weighted by molar-refractivity contribution is 1.03. The monoisotopic (exact) mass is 275 g/mol. The van der Waals surface area contributed by atoms with Gasteiger partial charge in [-0.2, -0.15) is 0 Å². The van der Waals surface area contributed by atoms with Gasteiger partial charge in [-0.1, -0.05) is 41.4 Å². The van der Waals surface area contributed by atoms with E-state index in [4.69, 9.17) is 23.2 Å². The molecular formula is C13H7Cl2N3. The van der Waals surface area contributed by atoms with Gasteiger partial charge in [0, 0.05) is 23.3 Å². The summed E-state index contributed by atoms with van der Waals surface area (Å²) in [5.74, 6) is 0. The largest absolute Gasteiger partial charge is 0.264 e. The van der Waals surface area contributed by atoms with Gasteiger partial charge in [0.15, 0.2) is 10.3 Å². The summed E-state index contributed by atoms with van der Waals surface area (Å²) in [6.45, 7) is 0. The van der Waals surface area contributed by atoms with Crippen LogP contribution < -0.4 is 0 Å². The van der Waals surface area contributed by atoms with Gasteiger partial charge in [-0.05, 0) is 23.1 Å². The Morgan fingerprint density at radius 3 is 2.72 bits per heavy atom. The van der Waals surface area contributed by atoms with Gasteiger partial charge in [0.25, 0.3) is 0 Å². The van der Waals surface area contributed by atoms with Gasteiger partial charge >= 0.3 is 0 Å². The Morgan fingerprint density at radius 1 is 0.944 bits per heavy atom. The van der Waals surface area contributed by atoms with Crippen LogP contribution in [0.2, 0.25) is 10.3 Å². The van der Waals surface area contributed by atoms with E-state index in [1.54, 1.807) is 18.5 Å². The van der Waals surface area contributed by atoms with Gasteiger partial charge in [-0.3, -0.25) is 4.98 Å². The van der Waals surface area contributed by atoms with Crippen molar-refractivity contribution in [1.82, 2.24) is 15.2 Å². The highest BCUT2D eigenvalue weighted by molar-refractivity contribution is 6.34. The topological polar surface area (TPSA) is 38.7 Å². The zero-order chi connectivity index (χ0) is 12.5. The zero-order valence-electron chi connectivity index (χ0n) is 9.14. The summed E-state index contributed by atoms with van der Waals surface area (Å²) in [4.78, 5) is 4.14. The fraction of sp³-hybridized carbons (Fsp3) is 0. The Hall–Kier alpha value is -1.71. The first-order valence-electron chi connectivity index (χ1n) is 5.27. The number of pyridine rings is 1. The van der Waals surface area contributed by atoms with Crippen LogP contribution in [0, 0.1) is 0 Å². The van der Waals surface area contributed by atoms with Crippen molar-refractivity contribution in [2.45, 2.75) is 0 Å². The number of hydrogen-bond donors (Lipinski definition) is 0. The van der Waals surface area contributed by atoms with Crippen molar-refractivity contribution in [3.63, 3.8) is 0 Å². The second-order valence-corrected chi connectivity index (χ2v) is 4.52. The fourth-order valence-electron chi connectivity index (χ4n) is 1.89. The van der Waals surface area contributed by atoms with E-state index in [0.29, 0.717) is 10.3 Å². The molecule has 0 unspecified atom stereocenters. The highest BCUT2D eigenvalue weighted by Crippen LogP contribution is 2.32. The number of hydrogen-bond acceptors (Lipinski definition) is 3. The van der Waals surface area contributed by atoms with E-state index in [1.165, 1.54) is 0 Å². The highest BCUT2D eigenvalue weighted by Gasteiger charge is 2.10. The van der Waals surface area contributed by atoms with Crippen LogP contribution in [0.1, 0.15) is 0 Å². The van der Waals surface area contributed by atoms with Crippen LogP contribution >= 0.6 is 23.2 Å². The maximum Gasteiger partial charge on any atom is 0.159 e. The minimum atomic E-state index is 0.315. The highest BCUT2D eigenvalue weighted by atomic mass is 35.5. The second kappa shape index (κ2) is 4.52. The van der Waals surface area contributed by atoms with Crippen molar-refractivity contribution in [1.29, 1.82) is 0 Å². The molecule has 0 aliphatic rings. The number of rotatable bonds is 1. The number of aromatic nitrogens is 3. The number of nitrogens with zero attached hydrogens (tertiary/aromatic N) is 3. The number of fused-ring (bicyclic) bond motifs is 1. The molecule has 0 atom stereocenters. The normalized spacial score (nSPS) is 10.8. The van der Waals surface area contributed by atoms with Crippen LogP contribution in [0.5, 0.6) is 0 Å². The quantitative estimate of drug-likeness (QED) is 0.674. The van der Waals surface area contributed by atoms with Gasteiger partial charge in [0.2, 0.25) is 0 Å². The average Bonchev–Trinajstić information content (AvgIpc) is 2.41. The minimum absolute atomic E-state index is 0.315.